The van der Waals surface area contributed by atoms with E-state index in [2.05, 4.69) is 15.4 Å². The molecule has 9 nitrogen and oxygen atoms in total. The van der Waals surface area contributed by atoms with Gasteiger partial charge in [-0.1, -0.05) is 12.1 Å². The Balaban J connectivity index is 1.86. The summed E-state index contributed by atoms with van der Waals surface area (Å²) in [4.78, 5) is 29.8. The minimum atomic E-state index is -0.390. The van der Waals surface area contributed by atoms with Crippen LogP contribution in [0.15, 0.2) is 33.9 Å². The Morgan fingerprint density at radius 1 is 1.07 bits per heavy atom. The Morgan fingerprint density at radius 2 is 1.75 bits per heavy atom. The number of nitrogens with one attached hydrogen (secondary N) is 1. The molecular weight excluding hydrogens is 360 g/mol. The smallest absolute Gasteiger partial charge is 0.332 e. The summed E-state index contributed by atoms with van der Waals surface area (Å²) in [5.74, 6) is 1.33. The molecule has 0 radical (unpaired) electrons. The lowest BCUT2D eigenvalue weighted by molar-refractivity contribution is 0.403. The summed E-state index contributed by atoms with van der Waals surface area (Å²) in [6, 6.07) is 7.68. The number of imidazole rings is 1. The molecule has 0 aliphatic carbocycles. The molecule has 1 aromatic carbocycles. The molecule has 148 valence electrons. The van der Waals surface area contributed by atoms with E-state index in [1.165, 1.54) is 11.6 Å². The quantitative estimate of drug-likeness (QED) is 0.704. The molecule has 1 saturated heterocycles. The molecule has 3 aromatic rings. The van der Waals surface area contributed by atoms with Crippen LogP contribution in [0.4, 0.5) is 5.95 Å². The van der Waals surface area contributed by atoms with Crippen LogP contribution in [0.2, 0.25) is 0 Å². The van der Waals surface area contributed by atoms with Gasteiger partial charge in [0, 0.05) is 27.2 Å². The number of methoxy groups -OCH3 is 1. The summed E-state index contributed by atoms with van der Waals surface area (Å²) in [6.07, 6.45) is 2.23. The van der Waals surface area contributed by atoms with Crippen molar-refractivity contribution in [1.29, 1.82) is 0 Å². The Bertz CT molecular complexity index is 1120. The number of fused-ring (bicyclic) bond motifs is 1. The largest absolute Gasteiger partial charge is 0.497 e. The third-order valence-corrected chi connectivity index (χ3v) is 5.21. The number of nitrogens with zero attached hydrogens (tertiary/aromatic N) is 5. The van der Waals surface area contributed by atoms with Gasteiger partial charge >= 0.3 is 5.69 Å². The fourth-order valence-corrected chi connectivity index (χ4v) is 3.57. The van der Waals surface area contributed by atoms with Crippen molar-refractivity contribution in [3.05, 3.63) is 50.7 Å². The molecular formula is C19H24N6O3. The van der Waals surface area contributed by atoms with Gasteiger partial charge in [-0.05, 0) is 30.5 Å². The molecule has 0 unspecified atom stereocenters. The molecule has 0 spiro atoms. The van der Waals surface area contributed by atoms with E-state index in [4.69, 9.17) is 4.74 Å². The van der Waals surface area contributed by atoms with Gasteiger partial charge in [-0.25, -0.2) is 9.80 Å². The van der Waals surface area contributed by atoms with Gasteiger partial charge in [0.2, 0.25) is 5.95 Å². The van der Waals surface area contributed by atoms with Crippen LogP contribution in [0, 0.1) is 0 Å². The highest BCUT2D eigenvalue weighted by molar-refractivity contribution is 5.74. The van der Waals surface area contributed by atoms with Gasteiger partial charge in [-0.2, -0.15) is 4.98 Å². The average molecular weight is 384 g/mol. The van der Waals surface area contributed by atoms with E-state index < -0.39 is 0 Å². The van der Waals surface area contributed by atoms with Crippen LogP contribution in [-0.4, -0.2) is 43.9 Å². The second-order valence-electron chi connectivity index (χ2n) is 7.05. The van der Waals surface area contributed by atoms with Crippen LogP contribution in [0.5, 0.6) is 5.75 Å². The lowest BCUT2D eigenvalue weighted by atomic mass is 10.2. The number of aromatic nitrogens is 4. The summed E-state index contributed by atoms with van der Waals surface area (Å²) >= 11 is 0. The van der Waals surface area contributed by atoms with E-state index in [1.54, 1.807) is 14.2 Å². The van der Waals surface area contributed by atoms with Crippen molar-refractivity contribution in [3.8, 4) is 5.75 Å². The van der Waals surface area contributed by atoms with Crippen LogP contribution in [0.25, 0.3) is 11.2 Å². The van der Waals surface area contributed by atoms with Crippen LogP contribution in [-0.2, 0) is 20.6 Å². The third-order valence-electron chi connectivity index (χ3n) is 5.21. The molecule has 1 aliphatic heterocycles. The first-order valence-electron chi connectivity index (χ1n) is 9.30. The van der Waals surface area contributed by atoms with Crippen LogP contribution in [0.1, 0.15) is 18.4 Å². The molecule has 28 heavy (non-hydrogen) atoms. The van der Waals surface area contributed by atoms with E-state index in [0.29, 0.717) is 23.7 Å². The molecule has 0 atom stereocenters. The van der Waals surface area contributed by atoms with Crippen molar-refractivity contribution in [2.75, 3.05) is 25.6 Å². The normalized spacial score (nSPS) is 14.7. The molecule has 1 N–H and O–H groups in total. The summed E-state index contributed by atoms with van der Waals surface area (Å²) in [7, 11) is 4.75. The Kier molecular flexibility index (Phi) is 4.68. The molecule has 3 heterocycles. The number of rotatable bonds is 5. The summed E-state index contributed by atoms with van der Waals surface area (Å²) in [6.45, 7) is 2.29. The fraction of sp³-hybridized carbons (Fsp3) is 0.421. The fourth-order valence-electron chi connectivity index (χ4n) is 3.57. The number of aryl methyl sites for hydroxylation is 1. The highest BCUT2D eigenvalue weighted by Crippen LogP contribution is 2.21. The molecule has 0 amide bonds. The first kappa shape index (κ1) is 18.3. The number of anilines is 1. The van der Waals surface area contributed by atoms with Crippen molar-refractivity contribution >= 4 is 17.1 Å². The maximum Gasteiger partial charge on any atom is 0.332 e. The number of hydrogen-bond acceptors (Lipinski definition) is 6. The molecule has 1 fully saturated rings. The standard InChI is InChI=1S/C19H24N6O3/c1-22-16-15(17(26)23(2)19(22)27)25(12-13-6-8-14(28-3)9-7-13)18(20-16)21-24-10-4-5-11-24/h6-9H,4-5,10-12H2,1-3H3,(H,20,21). The first-order chi connectivity index (χ1) is 13.5. The Labute approximate surface area is 161 Å². The van der Waals surface area contributed by atoms with Crippen molar-refractivity contribution in [3.63, 3.8) is 0 Å². The monoisotopic (exact) mass is 384 g/mol. The van der Waals surface area contributed by atoms with E-state index in [0.717, 1.165) is 41.8 Å². The van der Waals surface area contributed by atoms with Crippen molar-refractivity contribution in [1.82, 2.24) is 23.7 Å². The lowest BCUT2D eigenvalue weighted by Gasteiger charge is -2.18. The Morgan fingerprint density at radius 3 is 2.39 bits per heavy atom. The van der Waals surface area contributed by atoms with Gasteiger partial charge < -0.3 is 4.74 Å². The highest BCUT2D eigenvalue weighted by Gasteiger charge is 2.21. The number of hydrazine groups is 1. The van der Waals surface area contributed by atoms with E-state index in [1.807, 2.05) is 28.8 Å². The number of hydrogen-bond donors (Lipinski definition) is 1. The maximum atomic E-state index is 12.9. The van der Waals surface area contributed by atoms with E-state index in [9.17, 15) is 9.59 Å². The lowest BCUT2D eigenvalue weighted by Crippen LogP contribution is -2.37. The topological polar surface area (TPSA) is 86.3 Å². The molecule has 4 rings (SSSR count). The molecule has 0 saturated carbocycles. The van der Waals surface area contributed by atoms with Crippen LogP contribution >= 0.6 is 0 Å². The second-order valence-corrected chi connectivity index (χ2v) is 7.05. The predicted octanol–water partition coefficient (Wildman–Crippen LogP) is 0.913. The molecule has 0 bridgehead atoms. The summed E-state index contributed by atoms with van der Waals surface area (Å²) in [5.41, 5.74) is 4.37. The average Bonchev–Trinajstić information content (AvgIpc) is 3.34. The number of benzene rings is 1. The second kappa shape index (κ2) is 7.16. The van der Waals surface area contributed by atoms with Gasteiger partial charge in [0.1, 0.15) is 5.75 Å². The van der Waals surface area contributed by atoms with E-state index >= 15 is 0 Å². The van der Waals surface area contributed by atoms with E-state index in [-0.39, 0.29) is 11.2 Å². The highest BCUT2D eigenvalue weighted by atomic mass is 16.5. The zero-order chi connectivity index (χ0) is 19.8. The predicted molar refractivity (Wildman–Crippen MR) is 107 cm³/mol. The summed E-state index contributed by atoms with van der Waals surface area (Å²) in [5, 5.41) is 2.09. The maximum absolute atomic E-state index is 12.9. The van der Waals surface area contributed by atoms with Gasteiger partial charge in [0.05, 0.1) is 13.7 Å². The van der Waals surface area contributed by atoms with Gasteiger partial charge in [0.15, 0.2) is 11.2 Å². The van der Waals surface area contributed by atoms with Gasteiger partial charge in [-0.15, -0.1) is 0 Å². The molecule has 9 heteroatoms. The minimum Gasteiger partial charge on any atom is -0.497 e. The molecule has 2 aromatic heterocycles. The Hall–Kier alpha value is -3.07. The third kappa shape index (κ3) is 3.07. The first-order valence-corrected chi connectivity index (χ1v) is 9.30. The van der Waals surface area contributed by atoms with Crippen molar-refractivity contribution in [2.24, 2.45) is 14.1 Å². The van der Waals surface area contributed by atoms with Crippen LogP contribution < -0.4 is 21.4 Å². The minimum absolute atomic E-state index is 0.353. The SMILES string of the molecule is COc1ccc(Cn2c(NN3CCCC3)nc3c2c(=O)n(C)c(=O)n3C)cc1. The van der Waals surface area contributed by atoms with Gasteiger partial charge in [0.25, 0.3) is 5.56 Å². The van der Waals surface area contributed by atoms with Crippen molar-refractivity contribution < 1.29 is 4.74 Å². The number of ether oxygens (including phenoxy) is 1. The van der Waals surface area contributed by atoms with Crippen molar-refractivity contribution in [2.45, 2.75) is 19.4 Å². The summed E-state index contributed by atoms with van der Waals surface area (Å²) < 4.78 is 9.60. The van der Waals surface area contributed by atoms with Gasteiger partial charge in [-0.3, -0.25) is 23.9 Å². The zero-order valence-corrected chi connectivity index (χ0v) is 16.3. The van der Waals surface area contributed by atoms with Crippen LogP contribution in [0.3, 0.4) is 0 Å². The molecule has 1 aliphatic rings. The zero-order valence-electron chi connectivity index (χ0n) is 16.3.